The lowest BCUT2D eigenvalue weighted by Gasteiger charge is -2.13. The van der Waals surface area contributed by atoms with Crippen LogP contribution in [0.2, 0.25) is 0 Å². The van der Waals surface area contributed by atoms with Crippen LogP contribution >= 0.6 is 24.4 Å². The minimum atomic E-state index is 0. The Hall–Kier alpha value is -0.670. The van der Waals surface area contributed by atoms with Crippen LogP contribution in [0.4, 0.5) is 0 Å². The van der Waals surface area contributed by atoms with Crippen molar-refractivity contribution in [2.45, 2.75) is 11.3 Å². The van der Waals surface area contributed by atoms with Gasteiger partial charge in [-0.05, 0) is 23.6 Å². The topological polar surface area (TPSA) is 29.1 Å². The minimum Gasteiger partial charge on any atom is -0.296 e. The molecule has 0 aliphatic carbocycles. The van der Waals surface area contributed by atoms with Crippen LogP contribution in [-0.2, 0) is 11.2 Å². The maximum Gasteiger partial charge on any atom is 0.234 e. The lowest BCUT2D eigenvalue weighted by atomic mass is 10.1. The van der Waals surface area contributed by atoms with Crippen molar-refractivity contribution in [2.24, 2.45) is 0 Å². The molecule has 0 bridgehead atoms. The van der Waals surface area contributed by atoms with Gasteiger partial charge in [-0.25, -0.2) is 0 Å². The monoisotopic (exact) mass is 201 g/mol. The quantitative estimate of drug-likeness (QED) is 0.649. The molecule has 0 saturated carbocycles. The van der Waals surface area contributed by atoms with Gasteiger partial charge in [-0.1, -0.05) is 18.2 Å². The highest BCUT2D eigenvalue weighted by Crippen LogP contribution is 2.23. The molecule has 1 amide bonds. The van der Waals surface area contributed by atoms with E-state index in [-0.39, 0.29) is 18.3 Å². The maximum absolute atomic E-state index is 10.9. The van der Waals surface area contributed by atoms with Crippen LogP contribution in [0.15, 0.2) is 29.2 Å². The van der Waals surface area contributed by atoms with Crippen molar-refractivity contribution in [3.05, 3.63) is 29.8 Å². The minimum absolute atomic E-state index is 0. The van der Waals surface area contributed by atoms with Crippen molar-refractivity contribution in [3.8, 4) is 0 Å². The predicted molar refractivity (Wildman–Crippen MR) is 51.4 cm³/mol. The molecule has 4 heteroatoms. The summed E-state index contributed by atoms with van der Waals surface area (Å²) in [6.07, 6.45) is 0.517. The van der Waals surface area contributed by atoms with Gasteiger partial charge in [0.05, 0.1) is 6.42 Å². The Balaban J connectivity index is 0.000000720. The summed E-state index contributed by atoms with van der Waals surface area (Å²) in [6, 6.07) is 7.93. The lowest BCUT2D eigenvalue weighted by molar-refractivity contribution is -0.118. The van der Waals surface area contributed by atoms with Crippen molar-refractivity contribution in [1.29, 1.82) is 0 Å². The molecule has 0 radical (unpaired) electrons. The molecule has 2 rings (SSSR count). The standard InChI is InChI=1S/C8H7NOS.ClH/c10-8-5-6-3-1-2-4-7(6)11-9-8;/h1-4H,5H2,(H,9,10);1H. The zero-order chi connectivity index (χ0) is 7.68. The number of rotatable bonds is 0. The van der Waals surface area contributed by atoms with E-state index in [0.29, 0.717) is 6.42 Å². The highest BCUT2D eigenvalue weighted by molar-refractivity contribution is 7.98. The SMILES string of the molecule is Cl.O=C1Cc2ccccc2SN1. The van der Waals surface area contributed by atoms with Gasteiger partial charge in [0.1, 0.15) is 0 Å². The van der Waals surface area contributed by atoms with E-state index in [1.807, 2.05) is 24.3 Å². The summed E-state index contributed by atoms with van der Waals surface area (Å²) >= 11 is 1.40. The highest BCUT2D eigenvalue weighted by Gasteiger charge is 2.13. The molecule has 1 aliphatic heterocycles. The Morgan fingerprint density at radius 3 is 2.92 bits per heavy atom. The van der Waals surface area contributed by atoms with Crippen molar-refractivity contribution in [1.82, 2.24) is 4.72 Å². The molecule has 64 valence electrons. The largest absolute Gasteiger partial charge is 0.296 e. The number of benzene rings is 1. The summed E-state index contributed by atoms with van der Waals surface area (Å²) in [5.41, 5.74) is 1.13. The van der Waals surface area contributed by atoms with Gasteiger partial charge in [-0.3, -0.25) is 9.52 Å². The van der Waals surface area contributed by atoms with E-state index in [0.717, 1.165) is 10.5 Å². The molecule has 12 heavy (non-hydrogen) atoms. The fraction of sp³-hybridized carbons (Fsp3) is 0.125. The van der Waals surface area contributed by atoms with Gasteiger partial charge in [0.2, 0.25) is 5.91 Å². The number of nitrogens with one attached hydrogen (secondary N) is 1. The molecule has 0 spiro atoms. The number of amides is 1. The molecule has 0 saturated heterocycles. The van der Waals surface area contributed by atoms with Crippen LogP contribution in [0.5, 0.6) is 0 Å². The van der Waals surface area contributed by atoms with E-state index in [1.165, 1.54) is 11.9 Å². The molecule has 0 atom stereocenters. The molecule has 0 unspecified atom stereocenters. The summed E-state index contributed by atoms with van der Waals surface area (Å²) < 4.78 is 2.72. The second-order valence-corrected chi connectivity index (χ2v) is 3.26. The van der Waals surface area contributed by atoms with Gasteiger partial charge in [-0.2, -0.15) is 0 Å². The Bertz CT molecular complexity index is 303. The van der Waals surface area contributed by atoms with E-state index < -0.39 is 0 Å². The number of hydrogen-bond acceptors (Lipinski definition) is 2. The lowest BCUT2D eigenvalue weighted by Crippen LogP contribution is -2.22. The molecule has 1 aromatic rings. The van der Waals surface area contributed by atoms with E-state index in [1.54, 1.807) is 0 Å². The Morgan fingerprint density at radius 2 is 2.08 bits per heavy atom. The van der Waals surface area contributed by atoms with Gasteiger partial charge in [0.15, 0.2) is 0 Å². The summed E-state index contributed by atoms with van der Waals surface area (Å²) in [5, 5.41) is 0. The zero-order valence-electron chi connectivity index (χ0n) is 6.24. The van der Waals surface area contributed by atoms with Crippen LogP contribution in [0.1, 0.15) is 5.56 Å². The number of carbonyl (C=O) groups is 1. The molecule has 2 nitrogen and oxygen atoms in total. The summed E-state index contributed by atoms with van der Waals surface area (Å²) in [7, 11) is 0. The summed E-state index contributed by atoms with van der Waals surface area (Å²) in [4.78, 5) is 12.1. The number of halogens is 1. The molecule has 1 N–H and O–H groups in total. The molecule has 1 aliphatic rings. The van der Waals surface area contributed by atoms with E-state index in [9.17, 15) is 4.79 Å². The van der Waals surface area contributed by atoms with Crippen molar-refractivity contribution >= 4 is 30.3 Å². The molecule has 0 aromatic heterocycles. The first-order chi connectivity index (χ1) is 5.36. The number of hydrogen-bond donors (Lipinski definition) is 1. The van der Waals surface area contributed by atoms with Gasteiger partial charge in [0, 0.05) is 4.90 Å². The Labute approximate surface area is 81.3 Å². The van der Waals surface area contributed by atoms with Crippen LogP contribution < -0.4 is 4.72 Å². The first kappa shape index (κ1) is 9.42. The third kappa shape index (κ3) is 1.73. The van der Waals surface area contributed by atoms with Crippen LogP contribution in [0, 0.1) is 0 Å². The fourth-order valence-electron chi connectivity index (χ4n) is 1.07. The number of carbonyl (C=O) groups excluding carboxylic acids is 1. The third-order valence-corrected chi connectivity index (χ3v) is 2.55. The van der Waals surface area contributed by atoms with Gasteiger partial charge in [0.25, 0.3) is 0 Å². The first-order valence-electron chi connectivity index (χ1n) is 3.40. The second kappa shape index (κ2) is 3.83. The average molecular weight is 202 g/mol. The molecule has 1 aromatic carbocycles. The maximum atomic E-state index is 10.9. The molecular weight excluding hydrogens is 194 g/mol. The smallest absolute Gasteiger partial charge is 0.234 e. The predicted octanol–water partition coefficient (Wildman–Crippen LogP) is 1.79. The zero-order valence-corrected chi connectivity index (χ0v) is 7.87. The molecule has 1 heterocycles. The van der Waals surface area contributed by atoms with Gasteiger partial charge < -0.3 is 0 Å². The summed E-state index contributed by atoms with van der Waals surface area (Å²) in [6.45, 7) is 0. The van der Waals surface area contributed by atoms with Crippen molar-refractivity contribution in [3.63, 3.8) is 0 Å². The van der Waals surface area contributed by atoms with Crippen molar-refractivity contribution in [2.75, 3.05) is 0 Å². The fourth-order valence-corrected chi connectivity index (χ4v) is 1.78. The average Bonchev–Trinajstić information content (AvgIpc) is 2.04. The normalized spacial score (nSPS) is 14.2. The number of fused-ring (bicyclic) bond motifs is 1. The van der Waals surface area contributed by atoms with Crippen LogP contribution in [-0.4, -0.2) is 5.91 Å². The van der Waals surface area contributed by atoms with Gasteiger partial charge in [-0.15, -0.1) is 12.4 Å². The van der Waals surface area contributed by atoms with Crippen LogP contribution in [0.3, 0.4) is 0 Å². The first-order valence-corrected chi connectivity index (χ1v) is 4.21. The second-order valence-electron chi connectivity index (χ2n) is 2.41. The van der Waals surface area contributed by atoms with Crippen LogP contribution in [0.25, 0.3) is 0 Å². The Kier molecular flexibility index (Phi) is 3.00. The third-order valence-electron chi connectivity index (χ3n) is 1.60. The highest BCUT2D eigenvalue weighted by atomic mass is 35.5. The Morgan fingerprint density at radius 1 is 1.33 bits per heavy atom. The molecular formula is C8H8ClNOS. The van der Waals surface area contributed by atoms with Gasteiger partial charge >= 0.3 is 0 Å². The van der Waals surface area contributed by atoms with E-state index in [2.05, 4.69) is 4.72 Å². The molecule has 0 fully saturated rings. The van der Waals surface area contributed by atoms with E-state index >= 15 is 0 Å². The summed E-state index contributed by atoms with van der Waals surface area (Å²) in [5.74, 6) is 0.0914. The van der Waals surface area contributed by atoms with Crippen molar-refractivity contribution < 1.29 is 4.79 Å². The van der Waals surface area contributed by atoms with E-state index in [4.69, 9.17) is 0 Å².